The van der Waals surface area contributed by atoms with Crippen LogP contribution in [0.25, 0.3) is 22.1 Å². The number of nitrogens with zero attached hydrogens (tertiary/aromatic N) is 2. The van der Waals surface area contributed by atoms with E-state index in [1.807, 2.05) is 31.2 Å². The molecular weight excluding hydrogens is 411 g/mol. The van der Waals surface area contributed by atoms with Crippen molar-refractivity contribution in [1.82, 2.24) is 9.97 Å². The van der Waals surface area contributed by atoms with Gasteiger partial charge in [-0.3, -0.25) is 4.79 Å². The zero-order valence-electron chi connectivity index (χ0n) is 13.6. The number of halogens is 2. The maximum atomic E-state index is 12.5. The highest BCUT2D eigenvalue weighted by atomic mass is 35.5. The average molecular weight is 423 g/mol. The van der Waals surface area contributed by atoms with Gasteiger partial charge in [0.25, 0.3) is 0 Å². The number of aromatic nitrogens is 2. The Kier molecular flexibility index (Phi) is 4.92. The Morgan fingerprint density at radius 1 is 1.27 bits per heavy atom. The van der Waals surface area contributed by atoms with Crippen LogP contribution in [0.1, 0.15) is 23.1 Å². The van der Waals surface area contributed by atoms with Crippen LogP contribution in [0.2, 0.25) is 8.67 Å². The lowest BCUT2D eigenvalue weighted by Gasteiger charge is -2.03. The fraction of sp³-hybridized carbons (Fsp3) is 0.167. The monoisotopic (exact) mass is 422 g/mol. The van der Waals surface area contributed by atoms with Crippen molar-refractivity contribution in [2.75, 3.05) is 5.75 Å². The number of fused-ring (bicyclic) bond motifs is 3. The van der Waals surface area contributed by atoms with Crippen molar-refractivity contribution in [2.24, 2.45) is 0 Å². The van der Waals surface area contributed by atoms with E-state index in [-0.39, 0.29) is 11.5 Å². The van der Waals surface area contributed by atoms with Crippen LogP contribution in [0, 0.1) is 0 Å². The van der Waals surface area contributed by atoms with E-state index in [0.717, 1.165) is 22.3 Å². The van der Waals surface area contributed by atoms with Gasteiger partial charge in [-0.25, -0.2) is 9.97 Å². The lowest BCUT2D eigenvalue weighted by Crippen LogP contribution is -2.03. The predicted molar refractivity (Wildman–Crippen MR) is 108 cm³/mol. The SMILES string of the molecule is CCc1nc(SCC(=O)c2cc(Cl)sc2Cl)c2oc3ccccc3c2n1. The van der Waals surface area contributed by atoms with Gasteiger partial charge in [0.05, 0.1) is 10.1 Å². The van der Waals surface area contributed by atoms with Gasteiger partial charge < -0.3 is 4.42 Å². The Balaban J connectivity index is 1.71. The molecule has 0 aliphatic rings. The number of hydrogen-bond acceptors (Lipinski definition) is 6. The van der Waals surface area contributed by atoms with Gasteiger partial charge in [0.2, 0.25) is 0 Å². The maximum absolute atomic E-state index is 12.5. The van der Waals surface area contributed by atoms with E-state index in [1.165, 1.54) is 23.1 Å². The molecule has 3 aromatic heterocycles. The Morgan fingerprint density at radius 2 is 2.08 bits per heavy atom. The molecule has 3 heterocycles. The van der Waals surface area contributed by atoms with Gasteiger partial charge in [0.15, 0.2) is 11.4 Å². The van der Waals surface area contributed by atoms with E-state index in [2.05, 4.69) is 9.97 Å². The second-order valence-corrected chi connectivity index (χ2v) is 8.77. The predicted octanol–water partition coefficient (Wildman–Crippen LogP) is 6.28. The number of aryl methyl sites for hydroxylation is 1. The van der Waals surface area contributed by atoms with Crippen molar-refractivity contribution in [3.63, 3.8) is 0 Å². The molecule has 0 amide bonds. The van der Waals surface area contributed by atoms with E-state index >= 15 is 0 Å². The van der Waals surface area contributed by atoms with E-state index in [0.29, 0.717) is 31.3 Å². The molecule has 8 heteroatoms. The van der Waals surface area contributed by atoms with Gasteiger partial charge in [0, 0.05) is 17.4 Å². The molecule has 4 rings (SSSR count). The minimum Gasteiger partial charge on any atom is -0.451 e. The molecule has 26 heavy (non-hydrogen) atoms. The van der Waals surface area contributed by atoms with E-state index in [9.17, 15) is 4.79 Å². The number of Topliss-reactive ketones (excluding diaryl/α,β-unsaturated/α-hetero) is 1. The van der Waals surface area contributed by atoms with Crippen molar-refractivity contribution in [1.29, 1.82) is 0 Å². The molecule has 0 atom stereocenters. The largest absolute Gasteiger partial charge is 0.451 e. The van der Waals surface area contributed by atoms with Gasteiger partial charge >= 0.3 is 0 Å². The van der Waals surface area contributed by atoms with Crippen LogP contribution >= 0.6 is 46.3 Å². The van der Waals surface area contributed by atoms with Crippen LogP contribution in [0.15, 0.2) is 39.8 Å². The molecule has 0 saturated heterocycles. The molecule has 132 valence electrons. The van der Waals surface area contributed by atoms with Gasteiger partial charge in [-0.15, -0.1) is 11.3 Å². The third-order valence-electron chi connectivity index (χ3n) is 3.85. The van der Waals surface area contributed by atoms with Crippen LogP contribution in [-0.2, 0) is 6.42 Å². The summed E-state index contributed by atoms with van der Waals surface area (Å²) in [5.74, 6) is 0.818. The highest BCUT2D eigenvalue weighted by Crippen LogP contribution is 2.35. The van der Waals surface area contributed by atoms with Crippen molar-refractivity contribution < 1.29 is 9.21 Å². The van der Waals surface area contributed by atoms with Crippen LogP contribution < -0.4 is 0 Å². The first-order valence-electron chi connectivity index (χ1n) is 7.85. The number of benzene rings is 1. The summed E-state index contributed by atoms with van der Waals surface area (Å²) in [6.07, 6.45) is 0.697. The van der Waals surface area contributed by atoms with Gasteiger partial charge in [0.1, 0.15) is 26.3 Å². The van der Waals surface area contributed by atoms with Gasteiger partial charge in [-0.05, 0) is 18.2 Å². The van der Waals surface area contributed by atoms with Gasteiger partial charge in [-0.1, -0.05) is 54.0 Å². The van der Waals surface area contributed by atoms with Gasteiger partial charge in [-0.2, -0.15) is 0 Å². The first-order valence-corrected chi connectivity index (χ1v) is 10.4. The maximum Gasteiger partial charge on any atom is 0.186 e. The Morgan fingerprint density at radius 3 is 2.81 bits per heavy atom. The summed E-state index contributed by atoms with van der Waals surface area (Å²) in [5.41, 5.74) is 2.58. The first-order chi connectivity index (χ1) is 12.6. The normalized spacial score (nSPS) is 11.5. The first kappa shape index (κ1) is 17.8. The highest BCUT2D eigenvalue weighted by Gasteiger charge is 2.19. The summed E-state index contributed by atoms with van der Waals surface area (Å²) in [5, 5.41) is 1.61. The molecule has 4 aromatic rings. The molecule has 0 saturated carbocycles. The molecule has 0 radical (unpaired) electrons. The summed E-state index contributed by atoms with van der Waals surface area (Å²) in [6.45, 7) is 2.00. The van der Waals surface area contributed by atoms with Crippen molar-refractivity contribution in [3.05, 3.63) is 50.4 Å². The lowest BCUT2D eigenvalue weighted by atomic mass is 10.2. The molecule has 0 N–H and O–H groups in total. The zero-order valence-corrected chi connectivity index (χ0v) is 16.7. The third-order valence-corrected chi connectivity index (χ3v) is 6.29. The molecule has 1 aromatic carbocycles. The summed E-state index contributed by atoms with van der Waals surface area (Å²) in [4.78, 5) is 21.6. The van der Waals surface area contributed by atoms with E-state index < -0.39 is 0 Å². The summed E-state index contributed by atoms with van der Waals surface area (Å²) >= 11 is 14.5. The van der Waals surface area contributed by atoms with Crippen LogP contribution in [0.4, 0.5) is 0 Å². The number of carbonyl (C=O) groups is 1. The molecule has 0 bridgehead atoms. The van der Waals surface area contributed by atoms with E-state index in [1.54, 1.807) is 6.07 Å². The molecule has 0 unspecified atom stereocenters. The number of para-hydroxylation sites is 1. The zero-order chi connectivity index (χ0) is 18.3. The molecule has 4 nitrogen and oxygen atoms in total. The standard InChI is InChI=1S/C18H12Cl2N2O2S2/c1-2-14-21-15-9-5-3-4-6-12(9)24-16(15)18(22-14)25-8-11(23)10-7-13(19)26-17(10)20/h3-7H,2,8H2,1H3. The Hall–Kier alpha value is -1.60. The second kappa shape index (κ2) is 7.19. The van der Waals surface area contributed by atoms with Crippen LogP contribution in [0.5, 0.6) is 0 Å². The topological polar surface area (TPSA) is 56.0 Å². The molecular formula is C18H12Cl2N2O2S2. The van der Waals surface area contributed by atoms with E-state index in [4.69, 9.17) is 27.6 Å². The van der Waals surface area contributed by atoms with Crippen molar-refractivity contribution >= 4 is 74.2 Å². The third kappa shape index (κ3) is 3.22. The average Bonchev–Trinajstić information content (AvgIpc) is 3.18. The minimum atomic E-state index is -0.0935. The smallest absolute Gasteiger partial charge is 0.186 e. The van der Waals surface area contributed by atoms with Crippen LogP contribution in [-0.4, -0.2) is 21.5 Å². The quantitative estimate of drug-likeness (QED) is 0.215. The number of hydrogen-bond donors (Lipinski definition) is 0. The number of carbonyl (C=O) groups excluding carboxylic acids is 1. The fourth-order valence-electron chi connectivity index (χ4n) is 2.61. The summed E-state index contributed by atoms with van der Waals surface area (Å²) in [6, 6.07) is 9.34. The van der Waals surface area contributed by atoms with Crippen LogP contribution in [0.3, 0.4) is 0 Å². The fourth-order valence-corrected chi connectivity index (χ4v) is 4.97. The Bertz CT molecular complexity index is 1140. The number of thiophene rings is 1. The summed E-state index contributed by atoms with van der Waals surface area (Å²) < 4.78 is 6.85. The Labute approximate surface area is 167 Å². The minimum absolute atomic E-state index is 0.0935. The number of rotatable bonds is 5. The number of furan rings is 1. The summed E-state index contributed by atoms with van der Waals surface area (Å²) in [7, 11) is 0. The molecule has 0 fully saturated rings. The molecule has 0 aliphatic heterocycles. The molecule has 0 spiro atoms. The van der Waals surface area contributed by atoms with Crippen molar-refractivity contribution in [2.45, 2.75) is 18.4 Å². The highest BCUT2D eigenvalue weighted by molar-refractivity contribution is 8.00. The second-order valence-electron chi connectivity index (χ2n) is 5.52. The molecule has 0 aliphatic carbocycles. The van der Waals surface area contributed by atoms with Crippen molar-refractivity contribution in [3.8, 4) is 0 Å². The number of ketones is 1. The lowest BCUT2D eigenvalue weighted by molar-refractivity contribution is 0.102. The number of thioether (sulfide) groups is 1.